The highest BCUT2D eigenvalue weighted by Crippen LogP contribution is 2.49. The van der Waals surface area contributed by atoms with Crippen LogP contribution in [0, 0.1) is 0 Å². The minimum absolute atomic E-state index is 0.124. The number of fused-ring (bicyclic) bond motifs is 1. The number of benzene rings is 3. The van der Waals surface area contributed by atoms with Gasteiger partial charge in [-0.2, -0.15) is 5.10 Å². The molecule has 0 unspecified atom stereocenters. The normalized spacial score (nSPS) is 14.6. The Balaban J connectivity index is 1.78. The molecule has 0 radical (unpaired) electrons. The van der Waals surface area contributed by atoms with Crippen molar-refractivity contribution in [3.63, 3.8) is 0 Å². The summed E-state index contributed by atoms with van der Waals surface area (Å²) in [5, 5.41) is 7.74. The largest absolute Gasteiger partial charge is 0.497 e. The number of aromatic nitrogens is 2. The predicted molar refractivity (Wildman–Crippen MR) is 165 cm³/mol. The number of amides is 2. The van der Waals surface area contributed by atoms with Gasteiger partial charge in [0.25, 0.3) is 0 Å². The molecule has 2 heterocycles. The molecule has 0 bridgehead atoms. The Morgan fingerprint density at radius 2 is 1.71 bits per heavy atom. The van der Waals surface area contributed by atoms with Crippen LogP contribution in [0.2, 0.25) is 0 Å². The van der Waals surface area contributed by atoms with Crippen molar-refractivity contribution >= 4 is 29.4 Å². The molecule has 3 aromatic carbocycles. The highest BCUT2D eigenvalue weighted by Gasteiger charge is 2.38. The molecule has 9 nitrogen and oxygen atoms in total. The smallest absolute Gasteiger partial charge is 0.240 e. The number of ether oxygens (including phenoxy) is 3. The minimum atomic E-state index is -0.297. The molecule has 218 valence electrons. The predicted octanol–water partition coefficient (Wildman–Crippen LogP) is 5.26. The second kappa shape index (κ2) is 13.0. The van der Waals surface area contributed by atoms with Gasteiger partial charge in [-0.1, -0.05) is 43.3 Å². The quantitative estimate of drug-likeness (QED) is 0.271. The van der Waals surface area contributed by atoms with Crippen LogP contribution in [0.1, 0.15) is 29.7 Å². The van der Waals surface area contributed by atoms with Crippen LogP contribution in [0.5, 0.6) is 17.2 Å². The van der Waals surface area contributed by atoms with E-state index in [0.717, 1.165) is 34.5 Å². The second-order valence-corrected chi connectivity index (χ2v) is 10.8. The molecule has 1 aliphatic rings. The molecule has 1 aliphatic heterocycles. The third-order valence-electron chi connectivity index (χ3n) is 7.04. The average Bonchev–Trinajstić information content (AvgIpc) is 3.36. The van der Waals surface area contributed by atoms with Crippen LogP contribution in [-0.2, 0) is 9.59 Å². The summed E-state index contributed by atoms with van der Waals surface area (Å²) in [6, 6.07) is 23.2. The fourth-order valence-electron chi connectivity index (χ4n) is 4.97. The number of thioether (sulfide) groups is 1. The van der Waals surface area contributed by atoms with Gasteiger partial charge < -0.3 is 19.5 Å². The van der Waals surface area contributed by atoms with Crippen LogP contribution in [0.15, 0.2) is 72.8 Å². The lowest BCUT2D eigenvalue weighted by Crippen LogP contribution is -2.42. The summed E-state index contributed by atoms with van der Waals surface area (Å²) < 4.78 is 18.3. The Labute approximate surface area is 249 Å². The Morgan fingerprint density at radius 3 is 2.38 bits per heavy atom. The van der Waals surface area contributed by atoms with Gasteiger partial charge in [-0.05, 0) is 48.4 Å². The maximum absolute atomic E-state index is 13.8. The summed E-state index contributed by atoms with van der Waals surface area (Å²) in [7, 11) is 4.82. The SMILES string of the molecule is CCCNC(=O)CN1C(=O)CS[C@H](c2ccc(OC)c(OC)c2)c2c(-c3ccccc3)nn(-c3ccc(OC)cc3)c21. The Bertz CT molecular complexity index is 1560. The van der Waals surface area contributed by atoms with Gasteiger partial charge in [-0.25, -0.2) is 4.68 Å². The Morgan fingerprint density at radius 1 is 0.976 bits per heavy atom. The number of hydrogen-bond acceptors (Lipinski definition) is 7. The van der Waals surface area contributed by atoms with Gasteiger partial charge in [-0.15, -0.1) is 11.8 Å². The zero-order valence-electron chi connectivity index (χ0n) is 24.1. The molecule has 0 saturated carbocycles. The molecule has 1 aromatic heterocycles. The summed E-state index contributed by atoms with van der Waals surface area (Å²) in [6.45, 7) is 2.40. The van der Waals surface area contributed by atoms with Crippen molar-refractivity contribution in [3.8, 4) is 34.2 Å². The van der Waals surface area contributed by atoms with E-state index in [4.69, 9.17) is 19.3 Å². The molecular formula is C32H34N4O5S. The van der Waals surface area contributed by atoms with Crippen molar-refractivity contribution in [2.75, 3.05) is 45.1 Å². The molecule has 0 spiro atoms. The van der Waals surface area contributed by atoms with Crippen LogP contribution in [0.25, 0.3) is 16.9 Å². The van der Waals surface area contributed by atoms with E-state index < -0.39 is 0 Å². The van der Waals surface area contributed by atoms with Crippen LogP contribution in [-0.4, -0.2) is 61.8 Å². The maximum atomic E-state index is 13.8. The number of nitrogens with one attached hydrogen (secondary N) is 1. The molecule has 2 amide bonds. The number of carbonyl (C=O) groups excluding carboxylic acids is 2. The van der Waals surface area contributed by atoms with Crippen molar-refractivity contribution < 1.29 is 23.8 Å². The van der Waals surface area contributed by atoms with Crippen molar-refractivity contribution in [1.29, 1.82) is 0 Å². The molecule has 0 fully saturated rings. The number of hydrogen-bond donors (Lipinski definition) is 1. The van der Waals surface area contributed by atoms with Gasteiger partial charge in [0.15, 0.2) is 11.5 Å². The number of methoxy groups -OCH3 is 3. The van der Waals surface area contributed by atoms with Gasteiger partial charge in [0, 0.05) is 17.7 Å². The van der Waals surface area contributed by atoms with Crippen LogP contribution >= 0.6 is 11.8 Å². The van der Waals surface area contributed by atoms with Crippen molar-refractivity contribution in [2.24, 2.45) is 0 Å². The van der Waals surface area contributed by atoms with Crippen molar-refractivity contribution in [3.05, 3.63) is 83.9 Å². The first kappa shape index (κ1) is 29.1. The van der Waals surface area contributed by atoms with Gasteiger partial charge >= 0.3 is 0 Å². The number of carbonyl (C=O) groups is 2. The standard InChI is InChI=1S/C32H34N4O5S/c1-5-17-33-27(37)19-35-28(38)20-42-31(22-11-16-25(40-3)26(18-22)41-4)29-30(21-9-7-6-8-10-21)34-36(32(29)35)23-12-14-24(39-2)15-13-23/h6-16,18,31H,5,17,19-20H2,1-4H3,(H,33,37)/t31-/m1/s1. The molecule has 0 saturated heterocycles. The van der Waals surface area contributed by atoms with E-state index in [1.54, 1.807) is 30.9 Å². The summed E-state index contributed by atoms with van der Waals surface area (Å²) >= 11 is 1.50. The summed E-state index contributed by atoms with van der Waals surface area (Å²) in [5.41, 5.74) is 4.12. The first-order valence-corrected chi connectivity index (χ1v) is 14.8. The van der Waals surface area contributed by atoms with Gasteiger partial charge in [0.05, 0.1) is 43.7 Å². The third kappa shape index (κ3) is 5.80. The second-order valence-electron chi connectivity index (χ2n) is 9.70. The lowest BCUT2D eigenvalue weighted by Gasteiger charge is -2.23. The van der Waals surface area contributed by atoms with Gasteiger partial charge in [0.2, 0.25) is 11.8 Å². The molecule has 4 aromatic rings. The minimum Gasteiger partial charge on any atom is -0.497 e. The van der Waals surface area contributed by atoms with Crippen LogP contribution in [0.4, 0.5) is 5.82 Å². The summed E-state index contributed by atoms with van der Waals surface area (Å²) in [6.07, 6.45) is 0.796. The first-order valence-electron chi connectivity index (χ1n) is 13.7. The molecule has 5 rings (SSSR count). The van der Waals surface area contributed by atoms with E-state index in [9.17, 15) is 9.59 Å². The van der Waals surface area contributed by atoms with Gasteiger partial charge in [0.1, 0.15) is 18.1 Å². The summed E-state index contributed by atoms with van der Waals surface area (Å²) in [5.74, 6) is 2.23. The molecule has 1 atom stereocenters. The maximum Gasteiger partial charge on any atom is 0.240 e. The van der Waals surface area contributed by atoms with Crippen molar-refractivity contribution in [1.82, 2.24) is 15.1 Å². The van der Waals surface area contributed by atoms with E-state index in [1.165, 1.54) is 11.8 Å². The van der Waals surface area contributed by atoms with E-state index in [1.807, 2.05) is 79.7 Å². The Kier molecular flexibility index (Phi) is 9.02. The lowest BCUT2D eigenvalue weighted by molar-refractivity contribution is -0.122. The van der Waals surface area contributed by atoms with E-state index in [2.05, 4.69) is 5.32 Å². The number of nitrogens with zero attached hydrogens (tertiary/aromatic N) is 3. The van der Waals surface area contributed by atoms with Crippen LogP contribution < -0.4 is 24.4 Å². The zero-order valence-corrected chi connectivity index (χ0v) is 24.9. The van der Waals surface area contributed by atoms with Crippen molar-refractivity contribution in [2.45, 2.75) is 18.6 Å². The summed E-state index contributed by atoms with van der Waals surface area (Å²) in [4.78, 5) is 28.5. The number of anilines is 1. The van der Waals surface area contributed by atoms with E-state index in [0.29, 0.717) is 29.6 Å². The van der Waals surface area contributed by atoms with E-state index in [-0.39, 0.29) is 29.4 Å². The molecule has 42 heavy (non-hydrogen) atoms. The Hall–Kier alpha value is -4.44. The fraction of sp³-hybridized carbons (Fsp3) is 0.281. The third-order valence-corrected chi connectivity index (χ3v) is 8.29. The van der Waals surface area contributed by atoms with Gasteiger partial charge in [-0.3, -0.25) is 14.5 Å². The highest BCUT2D eigenvalue weighted by atomic mass is 32.2. The monoisotopic (exact) mass is 586 g/mol. The lowest BCUT2D eigenvalue weighted by atomic mass is 9.99. The molecule has 10 heteroatoms. The topological polar surface area (TPSA) is 94.9 Å². The highest BCUT2D eigenvalue weighted by molar-refractivity contribution is 8.00. The van der Waals surface area contributed by atoms with E-state index >= 15 is 0 Å². The average molecular weight is 587 g/mol. The van der Waals surface area contributed by atoms with Crippen LogP contribution in [0.3, 0.4) is 0 Å². The molecule has 0 aliphatic carbocycles. The fourth-order valence-corrected chi connectivity index (χ4v) is 6.16. The zero-order chi connectivity index (χ0) is 29.6. The first-order chi connectivity index (χ1) is 20.5. The molecule has 1 N–H and O–H groups in total. The number of rotatable bonds is 10. The molecular weight excluding hydrogens is 552 g/mol.